The molecule has 1 heterocycles. The van der Waals surface area contributed by atoms with Crippen LogP contribution in [0.25, 0.3) is 0 Å². The summed E-state index contributed by atoms with van der Waals surface area (Å²) in [7, 11) is -1.70. The van der Waals surface area contributed by atoms with Crippen molar-refractivity contribution >= 4 is 21.0 Å². The highest BCUT2D eigenvalue weighted by Crippen LogP contribution is 2.66. The summed E-state index contributed by atoms with van der Waals surface area (Å²) in [6.07, 6.45) is 3.09. The zero-order valence-electron chi connectivity index (χ0n) is 14.9. The summed E-state index contributed by atoms with van der Waals surface area (Å²) in [6, 6.07) is 10.2. The monoisotopic (exact) mass is 336 g/mol. The summed E-state index contributed by atoms with van der Waals surface area (Å²) >= 11 is 0. The van der Waals surface area contributed by atoms with Crippen LogP contribution in [0.5, 0.6) is 0 Å². The molecule has 0 bridgehead atoms. The summed E-state index contributed by atoms with van der Waals surface area (Å²) in [5, 5.41) is 3.77. The third kappa shape index (κ3) is 3.58. The molecule has 3 heteroatoms. The Morgan fingerprint density at radius 1 is 0.955 bits per heavy atom. The van der Waals surface area contributed by atoms with Gasteiger partial charge in [-0.25, -0.2) is 0 Å². The van der Waals surface area contributed by atoms with Crippen LogP contribution in [0.4, 0.5) is 0 Å². The Hall–Kier alpha value is -0.380. The van der Waals surface area contributed by atoms with Crippen LogP contribution in [0.15, 0.2) is 41.0 Å². The van der Waals surface area contributed by atoms with Gasteiger partial charge in [0, 0.05) is 16.8 Å². The topological polar surface area (TPSA) is 17.1 Å². The molecule has 0 saturated carbocycles. The van der Waals surface area contributed by atoms with Crippen LogP contribution in [-0.2, 0) is 4.57 Å². The molecule has 0 aromatic heterocycles. The Bertz CT molecular complexity index is 601. The highest BCUT2D eigenvalue weighted by molar-refractivity contribution is 7.76. The van der Waals surface area contributed by atoms with Gasteiger partial charge in [0.15, 0.2) is 0 Å². The van der Waals surface area contributed by atoms with Gasteiger partial charge in [-0.3, -0.25) is 0 Å². The van der Waals surface area contributed by atoms with Crippen molar-refractivity contribution < 1.29 is 4.57 Å². The highest BCUT2D eigenvalue weighted by atomic mass is 31.2. The lowest BCUT2D eigenvalue weighted by molar-refractivity contribution is 0.476. The summed E-state index contributed by atoms with van der Waals surface area (Å²) in [5.74, 6) is 0. The van der Waals surface area contributed by atoms with Crippen molar-refractivity contribution in [2.24, 2.45) is 10.8 Å². The second-order valence-electron chi connectivity index (χ2n) is 8.30. The van der Waals surface area contributed by atoms with E-state index < -0.39 is 7.14 Å². The van der Waals surface area contributed by atoms with E-state index in [1.807, 2.05) is 18.2 Å². The zero-order valence-corrected chi connectivity index (χ0v) is 16.8. The number of hydrogen-bond donors (Lipinski definition) is 0. The first-order valence-corrected chi connectivity index (χ1v) is 11.3. The zero-order chi connectivity index (χ0) is 16.6. The maximum atomic E-state index is 14.2. The van der Waals surface area contributed by atoms with Crippen molar-refractivity contribution in [3.8, 4) is 0 Å². The normalized spacial score (nSPS) is 25.4. The van der Waals surface area contributed by atoms with Crippen molar-refractivity contribution in [3.05, 3.63) is 41.0 Å². The lowest BCUT2D eigenvalue weighted by atomic mass is 9.88. The molecular weight excluding hydrogens is 306 g/mol. The third-order valence-corrected chi connectivity index (χ3v) is 10.0. The average Bonchev–Trinajstić information content (AvgIpc) is 2.59. The van der Waals surface area contributed by atoms with Crippen molar-refractivity contribution in [1.29, 1.82) is 0 Å². The molecule has 122 valence electrons. The molecule has 0 N–H and O–H groups in total. The fourth-order valence-corrected chi connectivity index (χ4v) is 9.89. The molecule has 22 heavy (non-hydrogen) atoms. The smallest absolute Gasteiger partial charge is 0.140 e. The molecule has 1 aliphatic rings. The lowest BCUT2D eigenvalue weighted by Crippen LogP contribution is -2.22. The van der Waals surface area contributed by atoms with Gasteiger partial charge in [0.25, 0.3) is 0 Å². The average molecular weight is 336 g/mol. The fraction of sp³-hybridized carbons (Fsp3) is 0.579. The van der Waals surface area contributed by atoms with Crippen molar-refractivity contribution in [2.75, 3.05) is 12.3 Å². The van der Waals surface area contributed by atoms with Crippen LogP contribution in [0, 0.1) is 10.8 Å². The Kier molecular flexibility index (Phi) is 5.11. The second-order valence-corrected chi connectivity index (χ2v) is 12.5. The predicted molar refractivity (Wildman–Crippen MR) is 102 cm³/mol. The molecule has 0 fully saturated rings. The van der Waals surface area contributed by atoms with Gasteiger partial charge in [0.1, 0.15) is 7.14 Å². The number of rotatable bonds is 1. The predicted octanol–water partition coefficient (Wildman–Crippen LogP) is 6.06. The molecule has 1 aliphatic heterocycles. The van der Waals surface area contributed by atoms with E-state index in [9.17, 15) is 4.57 Å². The summed E-state index contributed by atoms with van der Waals surface area (Å²) < 4.78 is 14.2. The van der Waals surface area contributed by atoms with Crippen LogP contribution in [0.3, 0.4) is 0 Å². The molecule has 0 saturated heterocycles. The van der Waals surface area contributed by atoms with Gasteiger partial charge in [-0.15, -0.1) is 0 Å². The first kappa shape index (κ1) is 18.0. The Labute approximate surface area is 138 Å². The number of benzene rings is 1. The van der Waals surface area contributed by atoms with Gasteiger partial charge in [-0.2, -0.15) is 0 Å². The molecule has 1 nitrogen and oxygen atoms in total. The Morgan fingerprint density at radius 3 is 2.05 bits per heavy atom. The van der Waals surface area contributed by atoms with Gasteiger partial charge in [0.05, 0.1) is 0 Å². The highest BCUT2D eigenvalue weighted by Gasteiger charge is 2.41. The quantitative estimate of drug-likeness (QED) is 0.570. The van der Waals surface area contributed by atoms with E-state index in [1.54, 1.807) is 0 Å². The van der Waals surface area contributed by atoms with E-state index in [4.69, 9.17) is 0 Å². The van der Waals surface area contributed by atoms with Gasteiger partial charge in [-0.1, -0.05) is 80.5 Å². The van der Waals surface area contributed by atoms with Crippen molar-refractivity contribution in [3.63, 3.8) is 0 Å². The molecule has 2 unspecified atom stereocenters. The molecule has 1 aromatic rings. The van der Waals surface area contributed by atoms with Crippen LogP contribution >= 0.6 is 15.7 Å². The van der Waals surface area contributed by atoms with Gasteiger partial charge >= 0.3 is 0 Å². The number of hydrogen-bond acceptors (Lipinski definition) is 1. The maximum Gasteiger partial charge on any atom is 0.140 e. The number of allylic oxidation sites excluding steroid dienone is 2. The molecule has 0 spiro atoms. The fourth-order valence-electron chi connectivity index (χ4n) is 3.36. The Balaban J connectivity index is 2.78. The molecular formula is C19H30OP2. The summed E-state index contributed by atoms with van der Waals surface area (Å²) in [4.78, 5) is 0. The minimum absolute atomic E-state index is 0.0503. The minimum atomic E-state index is -2.51. The SMILES string of the molecule is CC(C)(C)C1=C(C(C)(C)C)P(=O)(c2ccccc2)CCCP1. The van der Waals surface area contributed by atoms with Crippen LogP contribution in [0.2, 0.25) is 0 Å². The van der Waals surface area contributed by atoms with Crippen LogP contribution < -0.4 is 5.30 Å². The first-order valence-electron chi connectivity index (χ1n) is 8.21. The molecule has 2 atom stereocenters. The maximum absolute atomic E-state index is 14.2. The largest absolute Gasteiger partial charge is 0.314 e. The molecule has 0 amide bonds. The molecule has 1 aromatic carbocycles. The van der Waals surface area contributed by atoms with Crippen molar-refractivity contribution in [1.82, 2.24) is 0 Å². The van der Waals surface area contributed by atoms with E-state index in [0.717, 1.165) is 26.5 Å². The van der Waals surface area contributed by atoms with Crippen molar-refractivity contribution in [2.45, 2.75) is 48.0 Å². The molecule has 0 aliphatic carbocycles. The minimum Gasteiger partial charge on any atom is -0.314 e. The summed E-state index contributed by atoms with van der Waals surface area (Å²) in [5.41, 5.74) is 0.0428. The third-order valence-electron chi connectivity index (χ3n) is 4.18. The van der Waals surface area contributed by atoms with Gasteiger partial charge in [-0.05, 0) is 28.7 Å². The first-order chi connectivity index (χ1) is 10.1. The van der Waals surface area contributed by atoms with E-state index in [-0.39, 0.29) is 10.8 Å². The summed E-state index contributed by atoms with van der Waals surface area (Å²) in [6.45, 7) is 13.5. The van der Waals surface area contributed by atoms with Crippen LogP contribution in [0.1, 0.15) is 48.0 Å². The molecule has 2 rings (SSSR count). The van der Waals surface area contributed by atoms with E-state index in [1.165, 1.54) is 16.8 Å². The van der Waals surface area contributed by atoms with Gasteiger partial charge < -0.3 is 4.57 Å². The lowest BCUT2D eigenvalue weighted by Gasteiger charge is -2.36. The van der Waals surface area contributed by atoms with E-state index in [0.29, 0.717) is 0 Å². The van der Waals surface area contributed by atoms with E-state index in [2.05, 4.69) is 53.7 Å². The van der Waals surface area contributed by atoms with Crippen LogP contribution in [-0.4, -0.2) is 12.3 Å². The van der Waals surface area contributed by atoms with Gasteiger partial charge in [0.2, 0.25) is 0 Å². The standard InChI is InChI=1S/C19H30OP2/c1-18(2,3)16-17(19(4,5)6)22(20,14-10-13-21-16)15-11-8-7-9-12-15/h7-9,11-12,21H,10,13-14H2,1-6H3. The van der Waals surface area contributed by atoms with E-state index >= 15 is 0 Å². The second kappa shape index (κ2) is 6.26. The molecule has 0 radical (unpaired) electrons. The Morgan fingerprint density at radius 2 is 1.55 bits per heavy atom.